The van der Waals surface area contributed by atoms with Crippen LogP contribution in [0.1, 0.15) is 5.56 Å². The summed E-state index contributed by atoms with van der Waals surface area (Å²) in [7, 11) is 0. The Morgan fingerprint density at radius 2 is 1.85 bits per heavy atom. The summed E-state index contributed by atoms with van der Waals surface area (Å²) in [5.74, 6) is 0. The fourth-order valence-electron chi connectivity index (χ4n) is 2.41. The molecule has 1 heterocycles. The normalized spacial score (nSPS) is 12.3. The van der Waals surface area contributed by atoms with E-state index in [0.717, 1.165) is 26.1 Å². The van der Waals surface area contributed by atoms with Crippen LogP contribution >= 0.6 is 27.3 Å². The van der Waals surface area contributed by atoms with E-state index in [2.05, 4.69) is 54.8 Å². The molecule has 0 radical (unpaired) electrons. The van der Waals surface area contributed by atoms with E-state index in [0.29, 0.717) is 6.54 Å². The van der Waals surface area contributed by atoms with Gasteiger partial charge in [0.25, 0.3) is 0 Å². The number of aromatic nitrogens is 1. The Balaban J connectivity index is 1.84. The number of thiazole rings is 1. The van der Waals surface area contributed by atoms with Crippen molar-refractivity contribution in [2.24, 2.45) is 10.2 Å². The van der Waals surface area contributed by atoms with Crippen molar-refractivity contribution in [3.8, 4) is 11.3 Å². The topological polar surface area (TPSA) is 29.6 Å². The van der Waals surface area contributed by atoms with Crippen LogP contribution in [0.25, 0.3) is 17.3 Å². The van der Waals surface area contributed by atoms with Crippen LogP contribution < -0.4 is 4.80 Å². The van der Waals surface area contributed by atoms with Crippen LogP contribution in [0.2, 0.25) is 0 Å². The van der Waals surface area contributed by atoms with Crippen LogP contribution in [-0.2, 0) is 6.54 Å². The molecular formula is C21H18BrN3S. The van der Waals surface area contributed by atoms with Crippen molar-refractivity contribution >= 4 is 39.6 Å². The average Bonchev–Trinajstić information content (AvgIpc) is 3.06. The third-order valence-corrected chi connectivity index (χ3v) is 5.02. The van der Waals surface area contributed by atoms with Gasteiger partial charge in [0, 0.05) is 22.6 Å². The molecule has 3 nitrogen and oxygen atoms in total. The van der Waals surface area contributed by atoms with Crippen molar-refractivity contribution in [2.45, 2.75) is 6.54 Å². The molecule has 0 spiro atoms. The Kier molecular flexibility index (Phi) is 6.52. The van der Waals surface area contributed by atoms with Gasteiger partial charge < -0.3 is 4.57 Å². The maximum Gasteiger partial charge on any atom is 0.211 e. The second-order valence-corrected chi connectivity index (χ2v) is 7.20. The fourth-order valence-corrected chi connectivity index (χ4v) is 3.55. The summed E-state index contributed by atoms with van der Waals surface area (Å²) in [4.78, 5) is 0.840. The first kappa shape index (κ1) is 18.3. The van der Waals surface area contributed by atoms with Gasteiger partial charge in [0.1, 0.15) is 0 Å². The first-order valence-electron chi connectivity index (χ1n) is 8.12. The third kappa shape index (κ3) is 4.77. The van der Waals surface area contributed by atoms with Gasteiger partial charge in [-0.05, 0) is 29.3 Å². The highest BCUT2D eigenvalue weighted by atomic mass is 79.9. The Morgan fingerprint density at radius 1 is 1.08 bits per heavy atom. The summed E-state index contributed by atoms with van der Waals surface area (Å²) in [6, 6.07) is 18.3. The lowest BCUT2D eigenvalue weighted by Gasteiger charge is -2.06. The second-order valence-electron chi connectivity index (χ2n) is 5.44. The Hall–Kier alpha value is -2.50. The van der Waals surface area contributed by atoms with E-state index in [1.165, 1.54) is 0 Å². The molecule has 0 aliphatic heterocycles. The van der Waals surface area contributed by atoms with Gasteiger partial charge in [0.05, 0.1) is 5.69 Å². The molecule has 5 heteroatoms. The molecule has 0 bridgehead atoms. The smallest absolute Gasteiger partial charge is 0.211 e. The van der Waals surface area contributed by atoms with E-state index >= 15 is 0 Å². The standard InChI is InChI=1S/C21H18BrN3S/c1-2-15-25-20(18-10-12-19(22)13-11-18)16-26-21(25)24-23-14-6-9-17-7-4-3-5-8-17/h2-14,16H,1,15H2/b9-6+,23-14-,24-21-. The fraction of sp³-hybridized carbons (Fsp3) is 0.0476. The number of halogens is 1. The van der Waals surface area contributed by atoms with Gasteiger partial charge in [0.15, 0.2) is 0 Å². The quantitative estimate of drug-likeness (QED) is 0.273. The predicted octanol–water partition coefficient (Wildman–Crippen LogP) is 5.77. The summed E-state index contributed by atoms with van der Waals surface area (Å²) in [5, 5.41) is 10.6. The minimum Gasteiger partial charge on any atom is -0.311 e. The molecule has 3 rings (SSSR count). The van der Waals surface area contributed by atoms with Crippen LogP contribution in [0, 0.1) is 0 Å². The molecule has 3 aromatic rings. The number of allylic oxidation sites excluding steroid dienone is 2. The zero-order chi connectivity index (χ0) is 18.2. The maximum absolute atomic E-state index is 4.36. The molecule has 1 aromatic heterocycles. The summed E-state index contributed by atoms with van der Waals surface area (Å²) in [6.07, 6.45) is 7.45. The van der Waals surface area contributed by atoms with E-state index in [1.54, 1.807) is 17.6 Å². The molecular weight excluding hydrogens is 406 g/mol. The van der Waals surface area contributed by atoms with E-state index < -0.39 is 0 Å². The summed E-state index contributed by atoms with van der Waals surface area (Å²) in [5.41, 5.74) is 3.38. The van der Waals surface area contributed by atoms with Gasteiger partial charge in [-0.3, -0.25) is 0 Å². The molecule has 0 unspecified atom stereocenters. The predicted molar refractivity (Wildman–Crippen MR) is 115 cm³/mol. The van der Waals surface area contributed by atoms with Gasteiger partial charge in [0.2, 0.25) is 4.80 Å². The first-order valence-corrected chi connectivity index (χ1v) is 9.79. The van der Waals surface area contributed by atoms with Crippen molar-refractivity contribution < 1.29 is 0 Å². The summed E-state index contributed by atoms with van der Waals surface area (Å²) >= 11 is 5.04. The number of hydrogen-bond donors (Lipinski definition) is 0. The van der Waals surface area contributed by atoms with E-state index in [-0.39, 0.29) is 0 Å². The van der Waals surface area contributed by atoms with Crippen molar-refractivity contribution in [3.05, 3.63) is 93.5 Å². The number of hydrogen-bond acceptors (Lipinski definition) is 3. The van der Waals surface area contributed by atoms with E-state index in [9.17, 15) is 0 Å². The van der Waals surface area contributed by atoms with Crippen molar-refractivity contribution in [1.82, 2.24) is 4.57 Å². The van der Waals surface area contributed by atoms with Crippen molar-refractivity contribution in [1.29, 1.82) is 0 Å². The molecule has 0 atom stereocenters. The first-order chi connectivity index (χ1) is 12.8. The lowest BCUT2D eigenvalue weighted by Crippen LogP contribution is -2.14. The van der Waals surface area contributed by atoms with Crippen molar-refractivity contribution in [3.63, 3.8) is 0 Å². The lowest BCUT2D eigenvalue weighted by molar-refractivity contribution is 0.789. The molecule has 0 fully saturated rings. The zero-order valence-corrected chi connectivity index (χ0v) is 16.5. The molecule has 130 valence electrons. The van der Waals surface area contributed by atoms with Crippen molar-refractivity contribution in [2.75, 3.05) is 0 Å². The van der Waals surface area contributed by atoms with Gasteiger partial charge in [-0.15, -0.1) is 23.0 Å². The Labute approximate surface area is 165 Å². The molecule has 0 aliphatic rings. The minimum absolute atomic E-state index is 0.684. The minimum atomic E-state index is 0.684. The van der Waals surface area contributed by atoms with Gasteiger partial charge >= 0.3 is 0 Å². The van der Waals surface area contributed by atoms with E-state index in [4.69, 9.17) is 0 Å². The monoisotopic (exact) mass is 423 g/mol. The summed E-state index contributed by atoms with van der Waals surface area (Å²) < 4.78 is 3.17. The Morgan fingerprint density at radius 3 is 2.58 bits per heavy atom. The molecule has 26 heavy (non-hydrogen) atoms. The third-order valence-electron chi connectivity index (χ3n) is 3.63. The van der Waals surface area contributed by atoms with Gasteiger partial charge in [-0.2, -0.15) is 5.10 Å². The molecule has 0 aliphatic carbocycles. The van der Waals surface area contributed by atoms with Crippen LogP contribution in [-0.4, -0.2) is 10.8 Å². The number of benzene rings is 2. The Bertz CT molecular complexity index is 980. The number of rotatable bonds is 6. The molecule has 0 amide bonds. The van der Waals surface area contributed by atoms with Crippen LogP contribution in [0.4, 0.5) is 0 Å². The zero-order valence-electron chi connectivity index (χ0n) is 14.1. The highest BCUT2D eigenvalue weighted by molar-refractivity contribution is 9.10. The molecule has 0 saturated carbocycles. The van der Waals surface area contributed by atoms with Gasteiger partial charge in [-0.25, -0.2) is 0 Å². The summed E-state index contributed by atoms with van der Waals surface area (Å²) in [6.45, 7) is 4.54. The lowest BCUT2D eigenvalue weighted by atomic mass is 10.2. The highest BCUT2D eigenvalue weighted by Gasteiger charge is 2.06. The average molecular weight is 424 g/mol. The molecule has 2 aromatic carbocycles. The maximum atomic E-state index is 4.36. The largest absolute Gasteiger partial charge is 0.311 e. The number of nitrogens with zero attached hydrogens (tertiary/aromatic N) is 3. The van der Waals surface area contributed by atoms with E-state index in [1.807, 2.05) is 60.7 Å². The molecule has 0 saturated heterocycles. The van der Waals surface area contributed by atoms with Crippen LogP contribution in [0.5, 0.6) is 0 Å². The second kappa shape index (κ2) is 9.27. The molecule has 0 N–H and O–H groups in total. The highest BCUT2D eigenvalue weighted by Crippen LogP contribution is 2.22. The van der Waals surface area contributed by atoms with Gasteiger partial charge in [-0.1, -0.05) is 70.5 Å². The van der Waals surface area contributed by atoms with Crippen LogP contribution in [0.15, 0.2) is 93.4 Å². The van der Waals surface area contributed by atoms with Crippen LogP contribution in [0.3, 0.4) is 0 Å². The SMILES string of the molecule is C=CCn1c(-c2ccc(Br)cc2)cs\c1=N/N=C\C=C\c1ccccc1.